The Morgan fingerprint density at radius 3 is 2.44 bits per heavy atom. The van der Waals surface area contributed by atoms with E-state index in [-0.39, 0.29) is 24.9 Å². The predicted octanol–water partition coefficient (Wildman–Crippen LogP) is 5.60. The van der Waals surface area contributed by atoms with Crippen molar-refractivity contribution in [1.29, 1.82) is 0 Å². The number of nitrogens with one attached hydrogen (secondary N) is 1. The number of nitrogens with zero attached hydrogens (tertiary/aromatic N) is 3. The summed E-state index contributed by atoms with van der Waals surface area (Å²) < 4.78 is 10.5. The van der Waals surface area contributed by atoms with Crippen molar-refractivity contribution < 1.29 is 24.0 Å². The minimum absolute atomic E-state index is 0.0312. The van der Waals surface area contributed by atoms with Gasteiger partial charge in [0.15, 0.2) is 0 Å². The number of benzene rings is 3. The van der Waals surface area contributed by atoms with E-state index < -0.39 is 10.9 Å². The monoisotopic (exact) mass is 578 g/mol. The van der Waals surface area contributed by atoms with Gasteiger partial charge in [-0.25, -0.2) is 9.59 Å². The van der Waals surface area contributed by atoms with Crippen molar-refractivity contribution in [2.24, 2.45) is 0 Å². The molecule has 3 aromatic carbocycles. The van der Waals surface area contributed by atoms with Crippen LogP contribution in [0.1, 0.15) is 28.4 Å². The van der Waals surface area contributed by atoms with Gasteiger partial charge in [-0.15, -0.1) is 0 Å². The summed E-state index contributed by atoms with van der Waals surface area (Å²) in [6.45, 7) is 8.07. The zero-order chi connectivity index (χ0) is 29.2. The average Bonchev–Trinajstić information content (AvgIpc) is 2.98. The van der Waals surface area contributed by atoms with Crippen molar-refractivity contribution in [3.05, 3.63) is 93.5 Å². The van der Waals surface area contributed by atoms with E-state index in [1.54, 1.807) is 48.2 Å². The molecule has 41 heavy (non-hydrogen) atoms. The number of aryl methyl sites for hydroxylation is 1. The van der Waals surface area contributed by atoms with Gasteiger partial charge in [-0.3, -0.25) is 15.0 Å². The van der Waals surface area contributed by atoms with Gasteiger partial charge in [-0.2, -0.15) is 0 Å². The van der Waals surface area contributed by atoms with Gasteiger partial charge in [-0.1, -0.05) is 29.5 Å². The number of nitro benzene ring substituents is 1. The van der Waals surface area contributed by atoms with Crippen molar-refractivity contribution in [3.63, 3.8) is 0 Å². The number of rotatable bonds is 11. The van der Waals surface area contributed by atoms with Crippen LogP contribution in [0.5, 0.6) is 0 Å². The lowest BCUT2D eigenvalue weighted by Crippen LogP contribution is -2.44. The summed E-state index contributed by atoms with van der Waals surface area (Å²) in [4.78, 5) is 42.5. The molecule has 1 aliphatic heterocycles. The van der Waals surface area contributed by atoms with Crippen molar-refractivity contribution in [3.8, 4) is 0 Å². The van der Waals surface area contributed by atoms with Crippen molar-refractivity contribution in [2.75, 3.05) is 51.3 Å². The van der Waals surface area contributed by atoms with E-state index in [0.29, 0.717) is 43.1 Å². The Morgan fingerprint density at radius 1 is 1.07 bits per heavy atom. The van der Waals surface area contributed by atoms with Crippen LogP contribution in [0.3, 0.4) is 0 Å². The molecule has 0 aliphatic carbocycles. The molecule has 1 saturated heterocycles. The molecule has 0 atom stereocenters. The number of anilines is 1. The van der Waals surface area contributed by atoms with E-state index in [1.165, 1.54) is 17.8 Å². The highest BCUT2D eigenvalue weighted by Gasteiger charge is 2.21. The molecule has 4 rings (SSSR count). The van der Waals surface area contributed by atoms with Gasteiger partial charge >= 0.3 is 12.0 Å². The average molecular weight is 579 g/mol. The summed E-state index contributed by atoms with van der Waals surface area (Å²) >= 11 is 1.50. The molecule has 3 aromatic rings. The first-order valence-electron chi connectivity index (χ1n) is 13.5. The number of esters is 1. The molecular weight excluding hydrogens is 544 g/mol. The standard InChI is InChI=1S/C30H34N4O6S/c1-3-40-29(35)23-6-8-25(9-7-23)31-30(36)33(15-14-32-16-18-39-19-17-32)21-24-20-26(34(37)38)10-13-28(24)41-27-11-4-22(2)5-12-27/h4-13,20H,3,14-19,21H2,1-2H3,(H,31,36). The van der Waals surface area contributed by atoms with Crippen LogP contribution in [0.15, 0.2) is 76.5 Å². The summed E-state index contributed by atoms with van der Waals surface area (Å²) in [6.07, 6.45) is 0. The highest BCUT2D eigenvalue weighted by atomic mass is 32.2. The Morgan fingerprint density at radius 2 is 1.78 bits per heavy atom. The Balaban J connectivity index is 1.57. The van der Waals surface area contributed by atoms with Crippen molar-refractivity contribution in [2.45, 2.75) is 30.2 Å². The van der Waals surface area contributed by atoms with Crippen LogP contribution in [-0.2, 0) is 16.0 Å². The molecule has 1 aliphatic rings. The van der Waals surface area contributed by atoms with Gasteiger partial charge in [-0.05, 0) is 61.9 Å². The maximum Gasteiger partial charge on any atom is 0.338 e. The molecule has 1 fully saturated rings. The second-order valence-electron chi connectivity index (χ2n) is 9.57. The molecule has 0 saturated carbocycles. The summed E-state index contributed by atoms with van der Waals surface area (Å²) in [5.74, 6) is -0.429. The molecule has 0 spiro atoms. The topological polar surface area (TPSA) is 114 Å². The largest absolute Gasteiger partial charge is 0.462 e. The maximum atomic E-state index is 13.6. The van der Waals surface area contributed by atoms with Gasteiger partial charge in [0.25, 0.3) is 5.69 Å². The fraction of sp³-hybridized carbons (Fsp3) is 0.333. The molecule has 1 N–H and O–H groups in total. The highest BCUT2D eigenvalue weighted by molar-refractivity contribution is 7.99. The fourth-order valence-corrected chi connectivity index (χ4v) is 5.20. The van der Waals surface area contributed by atoms with Gasteiger partial charge in [0, 0.05) is 60.3 Å². The Labute approximate surface area is 243 Å². The number of carbonyl (C=O) groups is 2. The van der Waals surface area contributed by atoms with Gasteiger partial charge < -0.3 is 19.7 Å². The van der Waals surface area contributed by atoms with Gasteiger partial charge in [0.05, 0.1) is 30.3 Å². The van der Waals surface area contributed by atoms with Crippen LogP contribution in [0, 0.1) is 17.0 Å². The maximum absolute atomic E-state index is 13.6. The van der Waals surface area contributed by atoms with E-state index in [9.17, 15) is 19.7 Å². The number of amides is 2. The summed E-state index contributed by atoms with van der Waals surface area (Å²) in [5.41, 5.74) is 2.70. The lowest BCUT2D eigenvalue weighted by atomic mass is 10.2. The first-order chi connectivity index (χ1) is 19.8. The second-order valence-corrected chi connectivity index (χ2v) is 10.7. The van der Waals surface area contributed by atoms with Crippen LogP contribution in [-0.4, -0.2) is 72.7 Å². The van der Waals surface area contributed by atoms with Crippen LogP contribution < -0.4 is 5.32 Å². The second kappa shape index (κ2) is 14.6. The first-order valence-corrected chi connectivity index (χ1v) is 14.3. The molecule has 0 radical (unpaired) electrons. The van der Waals surface area contributed by atoms with Crippen LogP contribution in [0.4, 0.5) is 16.2 Å². The summed E-state index contributed by atoms with van der Waals surface area (Å²) in [6, 6.07) is 19.0. The number of carbonyl (C=O) groups excluding carboxylic acids is 2. The quantitative estimate of drug-likeness (QED) is 0.178. The molecule has 216 valence electrons. The van der Waals surface area contributed by atoms with E-state index in [4.69, 9.17) is 9.47 Å². The molecule has 2 amide bonds. The molecule has 0 unspecified atom stereocenters. The lowest BCUT2D eigenvalue weighted by Gasteiger charge is -2.30. The van der Waals surface area contributed by atoms with Crippen LogP contribution in [0.25, 0.3) is 0 Å². The minimum Gasteiger partial charge on any atom is -0.462 e. The number of non-ortho nitro benzene ring substituents is 1. The number of nitro groups is 1. The first kappa shape index (κ1) is 30.0. The van der Waals surface area contributed by atoms with E-state index in [0.717, 1.165) is 28.4 Å². The highest BCUT2D eigenvalue weighted by Crippen LogP contribution is 2.33. The summed E-state index contributed by atoms with van der Waals surface area (Å²) in [5, 5.41) is 14.5. The van der Waals surface area contributed by atoms with E-state index in [1.807, 2.05) is 31.2 Å². The third kappa shape index (κ3) is 8.78. The van der Waals surface area contributed by atoms with Gasteiger partial charge in [0.1, 0.15) is 0 Å². The molecule has 0 bridgehead atoms. The molecular formula is C30H34N4O6S. The van der Waals surface area contributed by atoms with Crippen LogP contribution >= 0.6 is 11.8 Å². The van der Waals surface area contributed by atoms with Crippen molar-refractivity contribution in [1.82, 2.24) is 9.80 Å². The molecule has 1 heterocycles. The number of morpholine rings is 1. The Hall–Kier alpha value is -3.93. The van der Waals surface area contributed by atoms with E-state index in [2.05, 4.69) is 10.2 Å². The SMILES string of the molecule is CCOC(=O)c1ccc(NC(=O)N(CCN2CCOCC2)Cc2cc([N+](=O)[O-])ccc2Sc2ccc(C)cc2)cc1. The minimum atomic E-state index is -0.429. The third-order valence-corrected chi connectivity index (χ3v) is 7.72. The number of hydrogen-bond donors (Lipinski definition) is 1. The normalized spacial score (nSPS) is 13.4. The number of urea groups is 1. The van der Waals surface area contributed by atoms with E-state index >= 15 is 0 Å². The number of ether oxygens (including phenoxy) is 2. The predicted molar refractivity (Wildman–Crippen MR) is 157 cm³/mol. The van der Waals surface area contributed by atoms with Gasteiger partial charge in [0.2, 0.25) is 0 Å². The zero-order valence-electron chi connectivity index (χ0n) is 23.2. The Kier molecular flexibility index (Phi) is 10.7. The molecule has 11 heteroatoms. The molecule has 10 nitrogen and oxygen atoms in total. The molecule has 0 aromatic heterocycles. The summed E-state index contributed by atoms with van der Waals surface area (Å²) in [7, 11) is 0. The number of hydrogen-bond acceptors (Lipinski definition) is 8. The zero-order valence-corrected chi connectivity index (χ0v) is 24.0. The van der Waals surface area contributed by atoms with Crippen LogP contribution in [0.2, 0.25) is 0 Å². The van der Waals surface area contributed by atoms with Crippen molar-refractivity contribution >= 4 is 35.1 Å². The smallest absolute Gasteiger partial charge is 0.338 e. The fourth-order valence-electron chi connectivity index (χ4n) is 4.29. The third-order valence-electron chi connectivity index (χ3n) is 6.59. The lowest BCUT2D eigenvalue weighted by molar-refractivity contribution is -0.385. The Bertz CT molecular complexity index is 1340.